The maximum Gasteiger partial charge on any atom is 0.226 e. The highest BCUT2D eigenvalue weighted by atomic mass is 35.5. The molecular formula is C15H21ClN6O. The molecule has 0 spiro atoms. The van der Waals surface area contributed by atoms with E-state index in [-0.39, 0.29) is 5.28 Å². The normalized spacial score (nSPS) is 26.5. The van der Waals surface area contributed by atoms with Gasteiger partial charge in [-0.2, -0.15) is 9.97 Å². The molecule has 0 aromatic carbocycles. The quantitative estimate of drug-likeness (QED) is 0.835. The number of aromatic nitrogens is 4. The molecule has 0 unspecified atom stereocenters. The molecule has 2 aliphatic rings. The number of halogens is 1. The average Bonchev–Trinajstić information content (AvgIpc) is 3.05. The number of anilines is 1. The number of rotatable bonds is 3. The third-order valence-electron chi connectivity index (χ3n) is 4.85. The molecule has 2 fully saturated rings. The van der Waals surface area contributed by atoms with Gasteiger partial charge in [-0.3, -0.25) is 4.90 Å². The summed E-state index contributed by atoms with van der Waals surface area (Å²) in [6, 6.07) is 1.11. The van der Waals surface area contributed by atoms with Crippen LogP contribution in [-0.4, -0.2) is 63.2 Å². The zero-order valence-corrected chi connectivity index (χ0v) is 13.7. The van der Waals surface area contributed by atoms with E-state index in [0.29, 0.717) is 17.7 Å². The number of morpholine rings is 1. The van der Waals surface area contributed by atoms with E-state index >= 15 is 0 Å². The molecule has 23 heavy (non-hydrogen) atoms. The zero-order valence-electron chi connectivity index (χ0n) is 13.0. The molecule has 2 aromatic rings. The Balaban J connectivity index is 1.39. The second-order valence-corrected chi connectivity index (χ2v) is 6.58. The van der Waals surface area contributed by atoms with E-state index in [1.165, 1.54) is 12.8 Å². The van der Waals surface area contributed by atoms with Crippen molar-refractivity contribution < 1.29 is 4.74 Å². The van der Waals surface area contributed by atoms with Crippen LogP contribution < -0.4 is 5.32 Å². The molecule has 0 radical (unpaired) electrons. The number of H-pyrrole nitrogens is 1. The summed E-state index contributed by atoms with van der Waals surface area (Å²) in [6.45, 7) is 3.87. The van der Waals surface area contributed by atoms with Crippen molar-refractivity contribution in [3.63, 3.8) is 0 Å². The highest BCUT2D eigenvalue weighted by molar-refractivity contribution is 6.28. The Morgan fingerprint density at radius 3 is 2.74 bits per heavy atom. The first kappa shape index (κ1) is 15.1. The zero-order chi connectivity index (χ0) is 15.6. The average molecular weight is 337 g/mol. The van der Waals surface area contributed by atoms with Gasteiger partial charge >= 0.3 is 0 Å². The van der Waals surface area contributed by atoms with Crippen LogP contribution in [0.25, 0.3) is 11.2 Å². The van der Waals surface area contributed by atoms with E-state index in [4.69, 9.17) is 16.3 Å². The van der Waals surface area contributed by atoms with Gasteiger partial charge in [-0.25, -0.2) is 4.98 Å². The number of aromatic amines is 1. The number of ether oxygens (including phenoxy) is 1. The molecule has 1 aliphatic carbocycles. The lowest BCUT2D eigenvalue weighted by molar-refractivity contribution is 0.00791. The summed E-state index contributed by atoms with van der Waals surface area (Å²) >= 11 is 5.99. The molecular weight excluding hydrogens is 316 g/mol. The van der Waals surface area contributed by atoms with Gasteiger partial charge in [-0.05, 0) is 37.3 Å². The standard InChI is InChI=1S/C15H21ClN6O/c16-15-20-13-12(17-9-18-13)14(21-15)19-10-1-3-11(4-2-10)22-5-7-23-8-6-22/h9-11H,1-8H2,(H2,17,18,19,20,21). The van der Waals surface area contributed by atoms with E-state index < -0.39 is 0 Å². The number of imidazole rings is 1. The Hall–Kier alpha value is -1.44. The van der Waals surface area contributed by atoms with Crippen molar-refractivity contribution in [2.75, 3.05) is 31.6 Å². The van der Waals surface area contributed by atoms with Gasteiger partial charge < -0.3 is 15.0 Å². The molecule has 0 bridgehead atoms. The van der Waals surface area contributed by atoms with Crippen molar-refractivity contribution in [3.05, 3.63) is 11.6 Å². The first-order chi connectivity index (χ1) is 11.3. The second kappa shape index (κ2) is 6.59. The summed E-state index contributed by atoms with van der Waals surface area (Å²) in [5.74, 6) is 0.732. The van der Waals surface area contributed by atoms with E-state index in [0.717, 1.165) is 50.5 Å². The second-order valence-electron chi connectivity index (χ2n) is 6.24. The van der Waals surface area contributed by atoms with Crippen molar-refractivity contribution in [2.45, 2.75) is 37.8 Å². The first-order valence-corrected chi connectivity index (χ1v) is 8.62. The summed E-state index contributed by atoms with van der Waals surface area (Å²) in [7, 11) is 0. The Kier molecular flexibility index (Phi) is 4.33. The van der Waals surface area contributed by atoms with Crippen LogP contribution in [0.3, 0.4) is 0 Å². The molecule has 0 atom stereocenters. The molecule has 124 valence electrons. The molecule has 4 rings (SSSR count). The largest absolute Gasteiger partial charge is 0.379 e. The van der Waals surface area contributed by atoms with Crippen molar-refractivity contribution >= 4 is 28.6 Å². The van der Waals surface area contributed by atoms with Gasteiger partial charge in [-0.1, -0.05) is 0 Å². The molecule has 2 aromatic heterocycles. The van der Waals surface area contributed by atoms with Crippen molar-refractivity contribution in [2.24, 2.45) is 0 Å². The van der Waals surface area contributed by atoms with Gasteiger partial charge in [-0.15, -0.1) is 0 Å². The van der Waals surface area contributed by atoms with Crippen LogP contribution in [0.2, 0.25) is 5.28 Å². The molecule has 1 aliphatic heterocycles. The number of hydrogen-bond donors (Lipinski definition) is 2. The molecule has 0 amide bonds. The topological polar surface area (TPSA) is 79.0 Å². The smallest absolute Gasteiger partial charge is 0.226 e. The number of fused-ring (bicyclic) bond motifs is 1. The molecule has 1 saturated carbocycles. The minimum atomic E-state index is 0.242. The van der Waals surface area contributed by atoms with E-state index in [1.807, 2.05) is 0 Å². The third-order valence-corrected chi connectivity index (χ3v) is 5.02. The van der Waals surface area contributed by atoms with Gasteiger partial charge in [0.2, 0.25) is 5.28 Å². The highest BCUT2D eigenvalue weighted by Gasteiger charge is 2.27. The Bertz CT molecular complexity index is 663. The lowest BCUT2D eigenvalue weighted by Gasteiger charge is -2.39. The summed E-state index contributed by atoms with van der Waals surface area (Å²) in [6.07, 6.45) is 6.31. The maximum atomic E-state index is 5.99. The SMILES string of the molecule is Clc1nc(NC2CCC(N3CCOCC3)CC2)c2nc[nH]c2n1. The predicted molar refractivity (Wildman–Crippen MR) is 88.8 cm³/mol. The van der Waals surface area contributed by atoms with Gasteiger partial charge in [0.15, 0.2) is 11.5 Å². The van der Waals surface area contributed by atoms with Crippen molar-refractivity contribution in [1.29, 1.82) is 0 Å². The van der Waals surface area contributed by atoms with Crippen LogP contribution >= 0.6 is 11.6 Å². The first-order valence-electron chi connectivity index (χ1n) is 8.24. The van der Waals surface area contributed by atoms with Crippen LogP contribution in [0.5, 0.6) is 0 Å². The van der Waals surface area contributed by atoms with E-state index in [2.05, 4.69) is 30.2 Å². The lowest BCUT2D eigenvalue weighted by atomic mass is 9.90. The van der Waals surface area contributed by atoms with Crippen molar-refractivity contribution in [1.82, 2.24) is 24.8 Å². The number of hydrogen-bond acceptors (Lipinski definition) is 6. The molecule has 2 N–H and O–H groups in total. The molecule has 3 heterocycles. The minimum Gasteiger partial charge on any atom is -0.379 e. The molecule has 1 saturated heterocycles. The predicted octanol–water partition coefficient (Wildman–Crippen LogP) is 2.06. The Morgan fingerprint density at radius 1 is 1.17 bits per heavy atom. The highest BCUT2D eigenvalue weighted by Crippen LogP contribution is 2.27. The monoisotopic (exact) mass is 336 g/mol. The van der Waals surface area contributed by atoms with Gasteiger partial charge in [0.1, 0.15) is 5.52 Å². The fourth-order valence-electron chi connectivity index (χ4n) is 3.63. The summed E-state index contributed by atoms with van der Waals surface area (Å²) in [4.78, 5) is 18.3. The van der Waals surface area contributed by atoms with Gasteiger partial charge in [0.25, 0.3) is 0 Å². The Labute approximate surface area is 139 Å². The third kappa shape index (κ3) is 3.27. The van der Waals surface area contributed by atoms with Gasteiger partial charge in [0.05, 0.1) is 19.5 Å². The van der Waals surface area contributed by atoms with Crippen LogP contribution in [0.15, 0.2) is 6.33 Å². The summed E-state index contributed by atoms with van der Waals surface area (Å²) in [5, 5.41) is 3.75. The van der Waals surface area contributed by atoms with Crippen LogP contribution in [0, 0.1) is 0 Å². The van der Waals surface area contributed by atoms with Gasteiger partial charge in [0, 0.05) is 25.2 Å². The van der Waals surface area contributed by atoms with Crippen LogP contribution in [-0.2, 0) is 4.74 Å². The lowest BCUT2D eigenvalue weighted by Crippen LogP contribution is -2.46. The summed E-state index contributed by atoms with van der Waals surface area (Å²) in [5.41, 5.74) is 1.43. The fourth-order valence-corrected chi connectivity index (χ4v) is 3.80. The number of nitrogens with one attached hydrogen (secondary N) is 2. The summed E-state index contributed by atoms with van der Waals surface area (Å²) < 4.78 is 5.44. The minimum absolute atomic E-state index is 0.242. The maximum absolute atomic E-state index is 5.99. The Morgan fingerprint density at radius 2 is 1.96 bits per heavy atom. The van der Waals surface area contributed by atoms with Crippen LogP contribution in [0.4, 0.5) is 5.82 Å². The van der Waals surface area contributed by atoms with E-state index in [1.54, 1.807) is 6.33 Å². The molecule has 8 heteroatoms. The number of nitrogens with zero attached hydrogens (tertiary/aromatic N) is 4. The molecule has 7 nitrogen and oxygen atoms in total. The van der Waals surface area contributed by atoms with E-state index in [9.17, 15) is 0 Å². The van der Waals surface area contributed by atoms with Crippen LogP contribution in [0.1, 0.15) is 25.7 Å². The van der Waals surface area contributed by atoms with Crippen molar-refractivity contribution in [3.8, 4) is 0 Å². The fraction of sp³-hybridized carbons (Fsp3) is 0.667.